The van der Waals surface area contributed by atoms with Crippen LogP contribution in [0.4, 0.5) is 11.4 Å². The van der Waals surface area contributed by atoms with Gasteiger partial charge in [-0.25, -0.2) is 16.8 Å². The quantitative estimate of drug-likeness (QED) is 0.845. The number of benzene rings is 2. The van der Waals surface area contributed by atoms with E-state index in [0.29, 0.717) is 30.3 Å². The molecule has 0 radical (unpaired) electrons. The van der Waals surface area contributed by atoms with Crippen LogP contribution in [0.3, 0.4) is 0 Å². The number of hydrogen-bond donors (Lipinski definition) is 1. The van der Waals surface area contributed by atoms with Gasteiger partial charge in [0.15, 0.2) is 0 Å². The van der Waals surface area contributed by atoms with E-state index in [4.69, 9.17) is 0 Å². The zero-order valence-electron chi connectivity index (χ0n) is 14.9. The van der Waals surface area contributed by atoms with Crippen LogP contribution in [0.2, 0.25) is 0 Å². The van der Waals surface area contributed by atoms with Crippen LogP contribution in [0.25, 0.3) is 0 Å². The van der Waals surface area contributed by atoms with Crippen molar-refractivity contribution < 1.29 is 16.8 Å². The van der Waals surface area contributed by atoms with E-state index in [2.05, 4.69) is 4.72 Å². The minimum absolute atomic E-state index is 0.195. The lowest BCUT2D eigenvalue weighted by atomic mass is 10.0. The number of sulfonamides is 2. The average molecular weight is 395 g/mol. The molecule has 0 saturated heterocycles. The van der Waals surface area contributed by atoms with Crippen LogP contribution in [-0.4, -0.2) is 29.6 Å². The lowest BCUT2D eigenvalue weighted by Gasteiger charge is -2.17. The summed E-state index contributed by atoms with van der Waals surface area (Å²) in [7, 11) is -7.02. The van der Waals surface area contributed by atoms with Gasteiger partial charge >= 0.3 is 0 Å². The van der Waals surface area contributed by atoms with Crippen LogP contribution in [0.1, 0.15) is 30.9 Å². The van der Waals surface area contributed by atoms with E-state index in [0.717, 1.165) is 11.1 Å². The highest BCUT2D eigenvalue weighted by Crippen LogP contribution is 2.32. The van der Waals surface area contributed by atoms with Crippen LogP contribution in [0, 0.1) is 0 Å². The van der Waals surface area contributed by atoms with Crippen molar-refractivity contribution in [2.75, 3.05) is 21.8 Å². The summed E-state index contributed by atoms with van der Waals surface area (Å²) >= 11 is 0. The monoisotopic (exact) mass is 394 g/mol. The number of fused-ring (bicyclic) bond motifs is 1. The second-order valence-corrected chi connectivity index (χ2v) is 10.3. The van der Waals surface area contributed by atoms with E-state index in [1.54, 1.807) is 30.3 Å². The van der Waals surface area contributed by atoms with Crippen LogP contribution >= 0.6 is 0 Å². The predicted octanol–water partition coefficient (Wildman–Crippen LogP) is 2.93. The Hall–Kier alpha value is -2.06. The molecule has 3 rings (SSSR count). The van der Waals surface area contributed by atoms with E-state index in [-0.39, 0.29) is 4.90 Å². The first-order valence-electron chi connectivity index (χ1n) is 8.31. The smallest absolute Gasteiger partial charge is 0.261 e. The average Bonchev–Trinajstić information content (AvgIpc) is 2.98. The SMILES string of the molecule is CC(C)c1ccc(S(=O)(=O)Nc2ccc3c(c2)CCN3S(C)(=O)=O)cc1. The number of nitrogens with one attached hydrogen (secondary N) is 1. The van der Waals surface area contributed by atoms with Gasteiger partial charge in [-0.05, 0) is 53.8 Å². The van der Waals surface area contributed by atoms with Gasteiger partial charge in [-0.2, -0.15) is 0 Å². The maximum Gasteiger partial charge on any atom is 0.261 e. The van der Waals surface area contributed by atoms with Gasteiger partial charge in [0.05, 0.1) is 16.8 Å². The maximum atomic E-state index is 12.6. The molecule has 2 aromatic carbocycles. The van der Waals surface area contributed by atoms with E-state index in [1.807, 2.05) is 26.0 Å². The zero-order valence-corrected chi connectivity index (χ0v) is 16.6. The van der Waals surface area contributed by atoms with E-state index >= 15 is 0 Å². The number of anilines is 2. The molecular formula is C18H22N2O4S2. The summed E-state index contributed by atoms with van der Waals surface area (Å²) < 4.78 is 52.7. The molecule has 0 atom stereocenters. The van der Waals surface area contributed by atoms with Gasteiger partial charge in [0, 0.05) is 12.2 Å². The summed E-state index contributed by atoms with van der Waals surface area (Å²) in [5, 5.41) is 0. The highest BCUT2D eigenvalue weighted by molar-refractivity contribution is 7.92. The van der Waals surface area contributed by atoms with Crippen molar-refractivity contribution >= 4 is 31.4 Å². The molecule has 0 bridgehead atoms. The number of nitrogens with zero attached hydrogens (tertiary/aromatic N) is 1. The van der Waals surface area contributed by atoms with Crippen molar-refractivity contribution in [3.63, 3.8) is 0 Å². The fourth-order valence-electron chi connectivity index (χ4n) is 3.03. The highest BCUT2D eigenvalue weighted by Gasteiger charge is 2.26. The van der Waals surface area contributed by atoms with Crippen LogP contribution in [-0.2, 0) is 26.5 Å². The van der Waals surface area contributed by atoms with Gasteiger partial charge in [-0.1, -0.05) is 26.0 Å². The third-order valence-electron chi connectivity index (χ3n) is 4.44. The molecule has 140 valence electrons. The van der Waals surface area contributed by atoms with Crippen LogP contribution < -0.4 is 9.03 Å². The fraction of sp³-hybridized carbons (Fsp3) is 0.333. The molecule has 0 fully saturated rings. The Bertz CT molecular complexity index is 1030. The molecule has 2 aromatic rings. The summed E-state index contributed by atoms with van der Waals surface area (Å²) in [5.41, 5.74) is 2.91. The number of rotatable bonds is 5. The lowest BCUT2D eigenvalue weighted by Crippen LogP contribution is -2.27. The number of hydrogen-bond acceptors (Lipinski definition) is 4. The molecule has 0 unspecified atom stereocenters. The summed E-state index contributed by atoms with van der Waals surface area (Å²) in [5.74, 6) is 0.328. The topological polar surface area (TPSA) is 83.6 Å². The van der Waals surface area contributed by atoms with Crippen molar-refractivity contribution in [1.29, 1.82) is 0 Å². The summed E-state index contributed by atoms with van der Waals surface area (Å²) in [4.78, 5) is 0.195. The van der Waals surface area contributed by atoms with Gasteiger partial charge < -0.3 is 0 Å². The molecule has 1 aliphatic heterocycles. The predicted molar refractivity (Wildman–Crippen MR) is 104 cm³/mol. The highest BCUT2D eigenvalue weighted by atomic mass is 32.2. The molecule has 26 heavy (non-hydrogen) atoms. The molecule has 0 spiro atoms. The van der Waals surface area contributed by atoms with E-state index in [1.165, 1.54) is 10.6 Å². The van der Waals surface area contributed by atoms with Crippen molar-refractivity contribution in [2.24, 2.45) is 0 Å². The van der Waals surface area contributed by atoms with Crippen molar-refractivity contribution in [3.05, 3.63) is 53.6 Å². The standard InChI is InChI=1S/C18H22N2O4S2/c1-13(2)14-4-7-17(8-5-14)26(23,24)19-16-6-9-18-15(12-16)10-11-20(18)25(3,21)22/h4-9,12-13,19H,10-11H2,1-3H3. The van der Waals surface area contributed by atoms with Crippen molar-refractivity contribution in [1.82, 2.24) is 0 Å². The molecule has 1 heterocycles. The summed E-state index contributed by atoms with van der Waals surface area (Å²) in [6.45, 7) is 4.47. The second kappa shape index (κ2) is 6.59. The Kier molecular flexibility index (Phi) is 4.74. The normalized spacial score (nSPS) is 14.5. The first kappa shape index (κ1) is 18.7. The molecule has 8 heteroatoms. The minimum atomic E-state index is -3.70. The second-order valence-electron chi connectivity index (χ2n) is 6.76. The molecule has 0 aliphatic carbocycles. The van der Waals surface area contributed by atoms with Gasteiger partial charge in [0.1, 0.15) is 0 Å². The first-order chi connectivity index (χ1) is 12.1. The van der Waals surface area contributed by atoms with Gasteiger partial charge in [-0.15, -0.1) is 0 Å². The van der Waals surface area contributed by atoms with Crippen molar-refractivity contribution in [2.45, 2.75) is 31.1 Å². The Morgan fingerprint density at radius 1 is 1.00 bits per heavy atom. The van der Waals surface area contributed by atoms with Crippen molar-refractivity contribution in [3.8, 4) is 0 Å². The molecule has 6 nitrogen and oxygen atoms in total. The fourth-order valence-corrected chi connectivity index (χ4v) is 5.03. The Morgan fingerprint density at radius 2 is 1.65 bits per heavy atom. The molecular weight excluding hydrogens is 372 g/mol. The minimum Gasteiger partial charge on any atom is -0.280 e. The lowest BCUT2D eigenvalue weighted by molar-refractivity contribution is 0.597. The van der Waals surface area contributed by atoms with Gasteiger partial charge in [0.2, 0.25) is 10.0 Å². The molecule has 0 saturated carbocycles. The molecule has 1 N–H and O–H groups in total. The Labute approximate surface area is 155 Å². The van der Waals surface area contributed by atoms with Gasteiger partial charge in [-0.3, -0.25) is 9.03 Å². The third-order valence-corrected chi connectivity index (χ3v) is 7.02. The Morgan fingerprint density at radius 3 is 2.23 bits per heavy atom. The Balaban J connectivity index is 1.85. The first-order valence-corrected chi connectivity index (χ1v) is 11.6. The summed E-state index contributed by atoms with van der Waals surface area (Å²) in [6, 6.07) is 11.7. The third kappa shape index (κ3) is 3.71. The molecule has 0 amide bonds. The maximum absolute atomic E-state index is 12.6. The van der Waals surface area contributed by atoms with E-state index in [9.17, 15) is 16.8 Å². The van der Waals surface area contributed by atoms with E-state index < -0.39 is 20.0 Å². The molecule has 0 aromatic heterocycles. The van der Waals surface area contributed by atoms with Crippen LogP contribution in [0.15, 0.2) is 47.4 Å². The van der Waals surface area contributed by atoms with Crippen LogP contribution in [0.5, 0.6) is 0 Å². The zero-order chi connectivity index (χ0) is 19.1. The van der Waals surface area contributed by atoms with Gasteiger partial charge in [0.25, 0.3) is 10.0 Å². The summed E-state index contributed by atoms with van der Waals surface area (Å²) in [6.07, 6.45) is 1.72. The largest absolute Gasteiger partial charge is 0.280 e. The molecule has 1 aliphatic rings.